The lowest BCUT2D eigenvalue weighted by atomic mass is 10.0. The van der Waals surface area contributed by atoms with E-state index in [2.05, 4.69) is 31.2 Å². The third-order valence-corrected chi connectivity index (χ3v) is 3.25. The molecule has 18 heavy (non-hydrogen) atoms. The minimum Gasteiger partial charge on any atom is -0.338 e. The summed E-state index contributed by atoms with van der Waals surface area (Å²) in [6.45, 7) is 5.99. The topological polar surface area (TPSA) is 46.3 Å². The number of hydrogen-bond acceptors (Lipinski definition) is 2. The first kappa shape index (κ1) is 16.9. The number of benzene rings is 1. The van der Waals surface area contributed by atoms with Gasteiger partial charge < -0.3 is 10.6 Å². The van der Waals surface area contributed by atoms with Gasteiger partial charge in [0.1, 0.15) is 0 Å². The molecule has 0 aliphatic heterocycles. The van der Waals surface area contributed by atoms with Crippen LogP contribution in [0.4, 0.5) is 0 Å². The molecular weight excluding hydrogens is 248 g/mol. The average molecular weight is 271 g/mol. The summed E-state index contributed by atoms with van der Waals surface area (Å²) < 4.78 is 0. The second-order valence-corrected chi connectivity index (χ2v) is 4.55. The van der Waals surface area contributed by atoms with Gasteiger partial charge in [0.05, 0.1) is 12.1 Å². The van der Waals surface area contributed by atoms with Crippen molar-refractivity contribution in [3.05, 3.63) is 35.4 Å². The Morgan fingerprint density at radius 1 is 1.33 bits per heavy atom. The van der Waals surface area contributed by atoms with Crippen LogP contribution in [0.3, 0.4) is 0 Å². The highest BCUT2D eigenvalue weighted by Gasteiger charge is 2.21. The molecule has 1 unspecified atom stereocenters. The van der Waals surface area contributed by atoms with Gasteiger partial charge in [-0.15, -0.1) is 12.4 Å². The molecule has 0 fully saturated rings. The molecule has 0 radical (unpaired) electrons. The molecule has 4 heteroatoms. The Labute approximate surface area is 116 Å². The van der Waals surface area contributed by atoms with E-state index < -0.39 is 6.04 Å². The molecule has 2 atom stereocenters. The van der Waals surface area contributed by atoms with Crippen molar-refractivity contribution in [2.45, 2.75) is 39.3 Å². The molecule has 0 heterocycles. The fraction of sp³-hybridized carbons (Fsp3) is 0.500. The lowest BCUT2D eigenvalue weighted by Crippen LogP contribution is -2.42. The lowest BCUT2D eigenvalue weighted by molar-refractivity contribution is -0.133. The fourth-order valence-corrected chi connectivity index (χ4v) is 1.70. The third kappa shape index (κ3) is 4.00. The Balaban J connectivity index is 0.00000289. The van der Waals surface area contributed by atoms with Crippen LogP contribution in [-0.4, -0.2) is 23.9 Å². The molecule has 2 N–H and O–H groups in total. The van der Waals surface area contributed by atoms with Gasteiger partial charge in [-0.25, -0.2) is 0 Å². The second-order valence-electron chi connectivity index (χ2n) is 4.55. The number of amides is 1. The van der Waals surface area contributed by atoms with Crippen LogP contribution < -0.4 is 5.73 Å². The molecule has 0 aliphatic rings. The standard InChI is InChI=1S/C14H22N2O.ClH/c1-5-13(15)14(17)16(4)11(3)12-8-6-10(2)7-9-12;/h6-9,11,13H,5,15H2,1-4H3;1H/t11?,13-;/m0./s1. The zero-order chi connectivity index (χ0) is 13.0. The molecule has 0 spiro atoms. The molecule has 0 aromatic heterocycles. The number of hydrogen-bond donors (Lipinski definition) is 1. The quantitative estimate of drug-likeness (QED) is 0.914. The number of carbonyl (C=O) groups excluding carboxylic acids is 1. The van der Waals surface area contributed by atoms with Gasteiger partial charge in [0.15, 0.2) is 0 Å². The summed E-state index contributed by atoms with van der Waals surface area (Å²) >= 11 is 0. The summed E-state index contributed by atoms with van der Waals surface area (Å²) in [5.41, 5.74) is 8.12. The van der Waals surface area contributed by atoms with Gasteiger partial charge in [-0.1, -0.05) is 36.8 Å². The van der Waals surface area contributed by atoms with Crippen molar-refractivity contribution in [2.24, 2.45) is 5.73 Å². The highest BCUT2D eigenvalue weighted by molar-refractivity contribution is 5.85. The van der Waals surface area contributed by atoms with E-state index in [1.54, 1.807) is 4.90 Å². The number of aryl methyl sites for hydroxylation is 1. The minimum absolute atomic E-state index is 0. The van der Waals surface area contributed by atoms with Crippen molar-refractivity contribution in [3.63, 3.8) is 0 Å². The maximum absolute atomic E-state index is 12.0. The highest BCUT2D eigenvalue weighted by atomic mass is 35.5. The van der Waals surface area contributed by atoms with Gasteiger partial charge in [0.2, 0.25) is 5.91 Å². The molecule has 1 amide bonds. The molecule has 0 saturated heterocycles. The first-order valence-electron chi connectivity index (χ1n) is 6.06. The predicted molar refractivity (Wildman–Crippen MR) is 77.9 cm³/mol. The van der Waals surface area contributed by atoms with Crippen LogP contribution in [0.2, 0.25) is 0 Å². The molecule has 0 bridgehead atoms. The average Bonchev–Trinajstić information content (AvgIpc) is 2.36. The number of carbonyl (C=O) groups is 1. The van der Waals surface area contributed by atoms with Crippen LogP contribution in [-0.2, 0) is 4.79 Å². The van der Waals surface area contributed by atoms with Crippen LogP contribution in [0.25, 0.3) is 0 Å². The summed E-state index contributed by atoms with van der Waals surface area (Å²) in [5.74, 6) is 0.000532. The normalized spacial score (nSPS) is 13.4. The Bertz CT molecular complexity index is 378. The van der Waals surface area contributed by atoms with Crippen LogP contribution in [0.1, 0.15) is 37.4 Å². The van der Waals surface area contributed by atoms with E-state index in [0.717, 1.165) is 5.56 Å². The van der Waals surface area contributed by atoms with E-state index in [9.17, 15) is 4.79 Å². The van der Waals surface area contributed by atoms with Crippen molar-refractivity contribution in [2.75, 3.05) is 7.05 Å². The van der Waals surface area contributed by atoms with Crippen molar-refractivity contribution in [1.29, 1.82) is 0 Å². The van der Waals surface area contributed by atoms with Gasteiger partial charge in [0, 0.05) is 7.05 Å². The highest BCUT2D eigenvalue weighted by Crippen LogP contribution is 2.19. The van der Waals surface area contributed by atoms with Gasteiger partial charge in [-0.05, 0) is 25.8 Å². The summed E-state index contributed by atoms with van der Waals surface area (Å²) in [7, 11) is 1.81. The van der Waals surface area contributed by atoms with Crippen molar-refractivity contribution < 1.29 is 4.79 Å². The molecule has 0 aliphatic carbocycles. The minimum atomic E-state index is -0.395. The van der Waals surface area contributed by atoms with Crippen LogP contribution in [0, 0.1) is 6.92 Å². The van der Waals surface area contributed by atoms with Crippen LogP contribution in [0.15, 0.2) is 24.3 Å². The smallest absolute Gasteiger partial charge is 0.239 e. The maximum atomic E-state index is 12.0. The van der Waals surface area contributed by atoms with E-state index in [-0.39, 0.29) is 24.4 Å². The van der Waals surface area contributed by atoms with E-state index in [1.807, 2.05) is 20.9 Å². The van der Waals surface area contributed by atoms with E-state index in [0.29, 0.717) is 6.42 Å². The molecule has 102 valence electrons. The van der Waals surface area contributed by atoms with E-state index in [1.165, 1.54) is 5.56 Å². The van der Waals surface area contributed by atoms with Gasteiger partial charge in [-0.2, -0.15) is 0 Å². The monoisotopic (exact) mass is 270 g/mol. The number of nitrogens with zero attached hydrogens (tertiary/aromatic N) is 1. The Morgan fingerprint density at radius 3 is 2.28 bits per heavy atom. The molecule has 1 aromatic carbocycles. The van der Waals surface area contributed by atoms with Crippen molar-refractivity contribution in [1.82, 2.24) is 4.90 Å². The molecule has 1 aromatic rings. The Morgan fingerprint density at radius 2 is 1.83 bits per heavy atom. The summed E-state index contributed by atoms with van der Waals surface area (Å²) in [6, 6.07) is 7.89. The first-order chi connectivity index (χ1) is 7.97. The van der Waals surface area contributed by atoms with Gasteiger partial charge in [-0.3, -0.25) is 4.79 Å². The summed E-state index contributed by atoms with van der Waals surface area (Å²) in [6.07, 6.45) is 0.670. The van der Waals surface area contributed by atoms with Crippen LogP contribution >= 0.6 is 12.4 Å². The number of rotatable bonds is 4. The van der Waals surface area contributed by atoms with Crippen molar-refractivity contribution in [3.8, 4) is 0 Å². The fourth-order valence-electron chi connectivity index (χ4n) is 1.70. The molecule has 1 rings (SSSR count). The van der Waals surface area contributed by atoms with Gasteiger partial charge >= 0.3 is 0 Å². The lowest BCUT2D eigenvalue weighted by Gasteiger charge is -2.27. The predicted octanol–water partition coefficient (Wildman–Crippen LogP) is 2.67. The molecule has 0 saturated carbocycles. The Hall–Kier alpha value is -1.06. The number of nitrogens with two attached hydrogens (primary N) is 1. The molecule has 3 nitrogen and oxygen atoms in total. The SMILES string of the molecule is CC[C@H](N)C(=O)N(C)C(C)c1ccc(C)cc1.Cl. The van der Waals surface area contributed by atoms with Gasteiger partial charge in [0.25, 0.3) is 0 Å². The third-order valence-electron chi connectivity index (χ3n) is 3.25. The second kappa shape index (κ2) is 7.39. The zero-order valence-electron chi connectivity index (χ0n) is 11.5. The largest absolute Gasteiger partial charge is 0.338 e. The number of likely N-dealkylation sites (N-methyl/N-ethyl adjacent to an activating group) is 1. The summed E-state index contributed by atoms with van der Waals surface area (Å²) in [5, 5.41) is 0. The number of halogens is 1. The van der Waals surface area contributed by atoms with E-state index in [4.69, 9.17) is 5.73 Å². The van der Waals surface area contributed by atoms with Crippen molar-refractivity contribution >= 4 is 18.3 Å². The molecular formula is C14H23ClN2O. The maximum Gasteiger partial charge on any atom is 0.239 e. The Kier molecular flexibility index (Phi) is 6.96. The van der Waals surface area contributed by atoms with Crippen LogP contribution in [0.5, 0.6) is 0 Å². The summed E-state index contributed by atoms with van der Waals surface area (Å²) in [4.78, 5) is 13.7. The zero-order valence-corrected chi connectivity index (χ0v) is 12.3. The van der Waals surface area contributed by atoms with E-state index >= 15 is 0 Å². The first-order valence-corrected chi connectivity index (χ1v) is 6.06.